The molecule has 0 aliphatic carbocycles. The van der Waals surface area contributed by atoms with Gasteiger partial charge in [-0.1, -0.05) is 23.4 Å². The van der Waals surface area contributed by atoms with E-state index in [1.54, 1.807) is 10.9 Å². The molecule has 1 aromatic carbocycles. The summed E-state index contributed by atoms with van der Waals surface area (Å²) < 4.78 is 41.3. The number of fused-ring (bicyclic) bond motifs is 1. The van der Waals surface area contributed by atoms with Gasteiger partial charge in [-0.15, -0.1) is 0 Å². The summed E-state index contributed by atoms with van der Waals surface area (Å²) in [5.74, 6) is -1.23. The largest absolute Gasteiger partial charge is 0.387 e. The number of benzene rings is 1. The highest BCUT2D eigenvalue weighted by molar-refractivity contribution is 8.03. The molecule has 0 amide bonds. The van der Waals surface area contributed by atoms with E-state index in [4.69, 9.17) is 21.1 Å². The lowest BCUT2D eigenvalue weighted by atomic mass is 9.93. The third-order valence-electron chi connectivity index (χ3n) is 5.68. The van der Waals surface area contributed by atoms with Crippen LogP contribution in [0.5, 0.6) is 0 Å². The summed E-state index contributed by atoms with van der Waals surface area (Å²) in [6.45, 7) is 2.39. The van der Waals surface area contributed by atoms with Gasteiger partial charge in [-0.2, -0.15) is 5.10 Å². The predicted molar refractivity (Wildman–Crippen MR) is 113 cm³/mol. The molecular weight excluding hydrogens is 448 g/mol. The Hall–Kier alpha value is -1.91. The quantitative estimate of drug-likeness (QED) is 0.717. The van der Waals surface area contributed by atoms with E-state index >= 15 is 0 Å². The number of hydrogen-bond acceptors (Lipinski definition) is 6. The average molecular weight is 468 g/mol. The number of allylic oxidation sites excluding steroid dienone is 1. The molecule has 5 atom stereocenters. The molecule has 3 aliphatic rings. The maximum atomic E-state index is 14.0. The third-order valence-corrected chi connectivity index (χ3v) is 7.05. The van der Waals surface area contributed by atoms with E-state index in [0.29, 0.717) is 29.3 Å². The van der Waals surface area contributed by atoms with Crippen LogP contribution in [0, 0.1) is 18.6 Å². The van der Waals surface area contributed by atoms with Crippen molar-refractivity contribution in [2.24, 2.45) is 0 Å². The van der Waals surface area contributed by atoms with Gasteiger partial charge in [0.15, 0.2) is 0 Å². The lowest BCUT2D eigenvalue weighted by Gasteiger charge is -2.50. The maximum Gasteiger partial charge on any atom is 0.136 e. The normalized spacial score (nSPS) is 30.0. The first kappa shape index (κ1) is 21.0. The van der Waals surface area contributed by atoms with Crippen LogP contribution in [0.4, 0.5) is 8.78 Å². The average Bonchev–Trinajstić information content (AvgIpc) is 3.20. The molecule has 1 aromatic heterocycles. The molecule has 2 N–H and O–H groups in total. The topological polar surface area (TPSA) is 68.5 Å². The number of ether oxygens (including phenoxy) is 2. The van der Waals surface area contributed by atoms with Crippen LogP contribution < -0.4 is 5.32 Å². The van der Waals surface area contributed by atoms with Crippen molar-refractivity contribution in [2.75, 3.05) is 13.2 Å². The lowest BCUT2D eigenvalue weighted by Crippen LogP contribution is -2.62. The Morgan fingerprint density at radius 3 is 2.74 bits per heavy atom. The van der Waals surface area contributed by atoms with Gasteiger partial charge >= 0.3 is 0 Å². The summed E-state index contributed by atoms with van der Waals surface area (Å²) in [6, 6.07) is 2.05. The molecule has 0 bridgehead atoms. The van der Waals surface area contributed by atoms with E-state index in [2.05, 4.69) is 10.4 Å². The Bertz CT molecular complexity index is 1050. The van der Waals surface area contributed by atoms with Gasteiger partial charge in [0, 0.05) is 33.5 Å². The van der Waals surface area contributed by atoms with Crippen molar-refractivity contribution >= 4 is 23.4 Å². The Labute approximate surface area is 186 Å². The molecule has 10 heteroatoms. The van der Waals surface area contributed by atoms with E-state index in [0.717, 1.165) is 4.91 Å². The summed E-state index contributed by atoms with van der Waals surface area (Å²) in [4.78, 5) is 0.851. The molecule has 5 unspecified atom stereocenters. The Morgan fingerprint density at radius 2 is 2.06 bits per heavy atom. The van der Waals surface area contributed by atoms with Crippen LogP contribution >= 0.6 is 23.4 Å². The highest BCUT2D eigenvalue weighted by Gasteiger charge is 2.52. The lowest BCUT2D eigenvalue weighted by molar-refractivity contribution is -0.266. The number of aliphatic hydroxyl groups is 1. The summed E-state index contributed by atoms with van der Waals surface area (Å²) >= 11 is 7.47. The number of thioether (sulfide) groups is 1. The van der Waals surface area contributed by atoms with Gasteiger partial charge in [-0.25, -0.2) is 8.78 Å². The third kappa shape index (κ3) is 3.89. The van der Waals surface area contributed by atoms with E-state index in [-0.39, 0.29) is 17.8 Å². The number of hydrogen-bond donors (Lipinski definition) is 2. The number of halogens is 3. The SMILES string of the molecule is Cc1c(F)cc(-c2cnn(C3C(O)C(SC4=CNCC(Cl)=C4)OC4COC43)c2)cc1F. The molecule has 31 heavy (non-hydrogen) atoms. The van der Waals surface area contributed by atoms with E-state index in [9.17, 15) is 13.9 Å². The van der Waals surface area contributed by atoms with Crippen LogP contribution in [0.2, 0.25) is 0 Å². The van der Waals surface area contributed by atoms with Crippen molar-refractivity contribution in [2.45, 2.75) is 36.7 Å². The number of aliphatic hydroxyl groups excluding tert-OH is 1. The Balaban J connectivity index is 1.41. The molecule has 6 nitrogen and oxygen atoms in total. The standard InChI is InChI=1S/C21H20ClF2N3O3S/c1-10-15(23)2-11(3-16(10)24)12-5-26-27(8-12)18-19(28)21(30-17-9-29-20(17)18)31-14-4-13(22)6-25-7-14/h2-5,7-8,17-21,25,28H,6,9H2,1H3. The second-order valence-electron chi connectivity index (χ2n) is 7.73. The van der Waals surface area contributed by atoms with Crippen LogP contribution in [0.1, 0.15) is 11.6 Å². The van der Waals surface area contributed by atoms with Crippen molar-refractivity contribution in [3.63, 3.8) is 0 Å². The zero-order valence-electron chi connectivity index (χ0n) is 16.5. The van der Waals surface area contributed by atoms with Gasteiger partial charge in [-0.3, -0.25) is 4.68 Å². The van der Waals surface area contributed by atoms with Crippen molar-refractivity contribution in [1.82, 2.24) is 15.1 Å². The first-order chi connectivity index (χ1) is 14.9. The fraction of sp³-hybridized carbons (Fsp3) is 0.381. The number of dihydropyridines is 1. The van der Waals surface area contributed by atoms with Gasteiger partial charge < -0.3 is 19.9 Å². The molecule has 5 rings (SSSR count). The van der Waals surface area contributed by atoms with Gasteiger partial charge in [0.2, 0.25) is 0 Å². The maximum absolute atomic E-state index is 14.0. The fourth-order valence-corrected chi connectivity index (χ4v) is 5.28. The van der Waals surface area contributed by atoms with E-state index < -0.39 is 29.2 Å². The molecule has 2 fully saturated rings. The minimum Gasteiger partial charge on any atom is -0.387 e. The summed E-state index contributed by atoms with van der Waals surface area (Å²) in [5, 5.41) is 19.2. The van der Waals surface area contributed by atoms with Crippen LogP contribution in [0.3, 0.4) is 0 Å². The monoisotopic (exact) mass is 467 g/mol. The van der Waals surface area contributed by atoms with Gasteiger partial charge in [-0.05, 0) is 30.7 Å². The van der Waals surface area contributed by atoms with Crippen LogP contribution in [0.15, 0.2) is 46.7 Å². The number of rotatable bonds is 4. The summed E-state index contributed by atoms with van der Waals surface area (Å²) in [5.41, 5.74) is 0.347. The molecule has 0 radical (unpaired) electrons. The minimum absolute atomic E-state index is 0.0257. The molecular formula is C21H20ClF2N3O3S. The van der Waals surface area contributed by atoms with E-state index in [1.807, 2.05) is 12.3 Å². The smallest absolute Gasteiger partial charge is 0.136 e. The number of aromatic nitrogens is 2. The van der Waals surface area contributed by atoms with Gasteiger partial charge in [0.1, 0.15) is 41.4 Å². The first-order valence-corrected chi connectivity index (χ1v) is 11.1. The van der Waals surface area contributed by atoms with Crippen LogP contribution in [-0.2, 0) is 9.47 Å². The number of nitrogens with one attached hydrogen (secondary N) is 1. The van der Waals surface area contributed by atoms with Gasteiger partial charge in [0.25, 0.3) is 0 Å². The second kappa shape index (κ2) is 8.22. The molecule has 164 valence electrons. The molecule has 2 aromatic rings. The molecule has 3 aliphatic heterocycles. The van der Waals surface area contributed by atoms with Crippen molar-refractivity contribution in [3.8, 4) is 11.1 Å². The summed E-state index contributed by atoms with van der Waals surface area (Å²) in [7, 11) is 0. The van der Waals surface area contributed by atoms with Gasteiger partial charge in [0.05, 0.1) is 19.3 Å². The molecule has 4 heterocycles. The number of nitrogens with zero attached hydrogens (tertiary/aromatic N) is 2. The van der Waals surface area contributed by atoms with Crippen molar-refractivity contribution < 1.29 is 23.4 Å². The zero-order chi connectivity index (χ0) is 21.7. The highest BCUT2D eigenvalue weighted by Crippen LogP contribution is 2.43. The highest BCUT2D eigenvalue weighted by atomic mass is 35.5. The van der Waals surface area contributed by atoms with Crippen molar-refractivity contribution in [3.05, 3.63) is 63.9 Å². The molecule has 0 spiro atoms. The fourth-order valence-electron chi connectivity index (χ4n) is 3.89. The van der Waals surface area contributed by atoms with Crippen LogP contribution in [-0.4, -0.2) is 51.8 Å². The first-order valence-electron chi connectivity index (χ1n) is 9.82. The van der Waals surface area contributed by atoms with Crippen LogP contribution in [0.25, 0.3) is 11.1 Å². The summed E-state index contributed by atoms with van der Waals surface area (Å²) in [6.07, 6.45) is 5.40. The van der Waals surface area contributed by atoms with Crippen molar-refractivity contribution in [1.29, 1.82) is 0 Å². The molecule has 0 saturated carbocycles. The minimum atomic E-state index is -0.930. The Morgan fingerprint density at radius 1 is 1.29 bits per heavy atom. The molecule has 2 saturated heterocycles. The van der Waals surface area contributed by atoms with E-state index in [1.165, 1.54) is 37.0 Å². The second-order valence-corrected chi connectivity index (χ2v) is 9.39. The predicted octanol–water partition coefficient (Wildman–Crippen LogP) is 3.46. The Kier molecular flexibility index (Phi) is 5.56. The zero-order valence-corrected chi connectivity index (χ0v) is 18.0.